The number of ketones is 1. The van der Waals surface area contributed by atoms with Gasteiger partial charge in [0.25, 0.3) is 0 Å². The summed E-state index contributed by atoms with van der Waals surface area (Å²) >= 11 is 0. The second-order valence-electron chi connectivity index (χ2n) is 4.57. The molecule has 2 aromatic rings. The summed E-state index contributed by atoms with van der Waals surface area (Å²) in [5.41, 5.74) is 1.53. The average molecular weight is 294 g/mol. The third-order valence-electron chi connectivity index (χ3n) is 3.03. The van der Waals surface area contributed by atoms with Crippen molar-refractivity contribution in [3.63, 3.8) is 0 Å². The Balaban J connectivity index is 2.14. The van der Waals surface area contributed by atoms with Crippen LogP contribution in [0.1, 0.15) is 15.9 Å². The van der Waals surface area contributed by atoms with E-state index in [0.29, 0.717) is 23.7 Å². The average Bonchev–Trinajstić information content (AvgIpc) is 2.58. The van der Waals surface area contributed by atoms with Crippen LogP contribution in [0.3, 0.4) is 0 Å². The minimum atomic E-state index is -0.0356. The number of carbonyl (C=O) groups is 1. The highest BCUT2D eigenvalue weighted by Gasteiger charge is 2.05. The zero-order valence-corrected chi connectivity index (χ0v) is 12.5. The van der Waals surface area contributed by atoms with Crippen LogP contribution < -0.4 is 9.47 Å². The number of benzene rings is 2. The van der Waals surface area contributed by atoms with Crippen LogP contribution in [0.4, 0.5) is 0 Å². The van der Waals surface area contributed by atoms with Gasteiger partial charge in [0.05, 0.1) is 7.11 Å². The number of hydrogen-bond donors (Lipinski definition) is 0. The highest BCUT2D eigenvalue weighted by molar-refractivity contribution is 6.06. The molecule has 0 fully saturated rings. The maximum atomic E-state index is 12.0. The molecular weight excluding hydrogens is 276 g/mol. The van der Waals surface area contributed by atoms with Crippen LogP contribution in [-0.4, -0.2) is 19.5 Å². The van der Waals surface area contributed by atoms with Crippen molar-refractivity contribution >= 4 is 11.9 Å². The van der Waals surface area contributed by atoms with Crippen molar-refractivity contribution in [3.8, 4) is 11.5 Å². The Morgan fingerprint density at radius 3 is 2.59 bits per heavy atom. The Morgan fingerprint density at radius 1 is 1.14 bits per heavy atom. The van der Waals surface area contributed by atoms with E-state index in [1.165, 1.54) is 0 Å². The lowest BCUT2D eigenvalue weighted by molar-refractivity contribution is 0.104. The van der Waals surface area contributed by atoms with Crippen molar-refractivity contribution in [3.05, 3.63) is 78.4 Å². The number of carbonyl (C=O) groups excluding carboxylic acids is 1. The molecule has 0 saturated heterocycles. The molecule has 0 radical (unpaired) electrons. The molecule has 0 heterocycles. The summed E-state index contributed by atoms with van der Waals surface area (Å²) in [6, 6.07) is 14.7. The Morgan fingerprint density at radius 2 is 1.91 bits per heavy atom. The van der Waals surface area contributed by atoms with Crippen LogP contribution in [0, 0.1) is 0 Å². The molecule has 0 amide bonds. The quantitative estimate of drug-likeness (QED) is 0.437. The summed E-state index contributed by atoms with van der Waals surface area (Å²) in [4.78, 5) is 12.0. The second kappa shape index (κ2) is 7.84. The molecule has 3 nitrogen and oxygen atoms in total. The van der Waals surface area contributed by atoms with Crippen LogP contribution in [0.5, 0.6) is 11.5 Å². The number of rotatable bonds is 7. The third kappa shape index (κ3) is 4.09. The molecule has 0 aliphatic heterocycles. The zero-order chi connectivity index (χ0) is 15.8. The molecule has 2 rings (SSSR count). The van der Waals surface area contributed by atoms with E-state index >= 15 is 0 Å². The standard InChI is InChI=1S/C19H18O3/c1-3-13-22-18-12-10-15(14-19(18)21-2)9-11-17(20)16-7-5-4-6-8-16/h3-12,14H,1,13H2,2H3. The summed E-state index contributed by atoms with van der Waals surface area (Å²) in [6.07, 6.45) is 4.98. The van der Waals surface area contributed by atoms with E-state index < -0.39 is 0 Å². The van der Waals surface area contributed by atoms with E-state index in [0.717, 1.165) is 5.56 Å². The molecule has 0 aromatic heterocycles. The number of methoxy groups -OCH3 is 1. The Kier molecular flexibility index (Phi) is 5.55. The molecular formula is C19H18O3. The first-order chi connectivity index (χ1) is 10.7. The first-order valence-corrected chi connectivity index (χ1v) is 6.94. The van der Waals surface area contributed by atoms with Crippen molar-refractivity contribution in [2.24, 2.45) is 0 Å². The van der Waals surface area contributed by atoms with Crippen LogP contribution in [0.15, 0.2) is 67.3 Å². The van der Waals surface area contributed by atoms with Gasteiger partial charge in [0.1, 0.15) is 6.61 Å². The van der Waals surface area contributed by atoms with Gasteiger partial charge in [-0.3, -0.25) is 4.79 Å². The van der Waals surface area contributed by atoms with Gasteiger partial charge in [-0.1, -0.05) is 55.1 Å². The molecule has 0 aliphatic carbocycles. The van der Waals surface area contributed by atoms with Crippen LogP contribution >= 0.6 is 0 Å². The van der Waals surface area contributed by atoms with E-state index in [-0.39, 0.29) is 5.78 Å². The molecule has 112 valence electrons. The molecule has 22 heavy (non-hydrogen) atoms. The molecule has 2 aromatic carbocycles. The Labute approximate surface area is 130 Å². The fourth-order valence-corrected chi connectivity index (χ4v) is 1.93. The number of ether oxygens (including phenoxy) is 2. The molecule has 0 spiro atoms. The van der Waals surface area contributed by atoms with Gasteiger partial charge in [-0.15, -0.1) is 0 Å². The molecule has 0 saturated carbocycles. The van der Waals surface area contributed by atoms with Gasteiger partial charge < -0.3 is 9.47 Å². The van der Waals surface area contributed by atoms with E-state index in [1.807, 2.05) is 36.4 Å². The minimum absolute atomic E-state index is 0.0356. The number of hydrogen-bond acceptors (Lipinski definition) is 3. The SMILES string of the molecule is C=CCOc1ccc(C=CC(=O)c2ccccc2)cc1OC. The second-order valence-corrected chi connectivity index (χ2v) is 4.57. The van der Waals surface area contributed by atoms with Gasteiger partial charge in [-0.05, 0) is 23.8 Å². The maximum absolute atomic E-state index is 12.0. The van der Waals surface area contributed by atoms with E-state index in [1.54, 1.807) is 37.5 Å². The molecule has 0 unspecified atom stereocenters. The van der Waals surface area contributed by atoms with Crippen molar-refractivity contribution in [1.29, 1.82) is 0 Å². The van der Waals surface area contributed by atoms with Crippen molar-refractivity contribution in [1.82, 2.24) is 0 Å². The van der Waals surface area contributed by atoms with Crippen molar-refractivity contribution in [2.45, 2.75) is 0 Å². The first kappa shape index (κ1) is 15.6. The fraction of sp³-hybridized carbons (Fsp3) is 0.105. The van der Waals surface area contributed by atoms with Gasteiger partial charge >= 0.3 is 0 Å². The smallest absolute Gasteiger partial charge is 0.185 e. The maximum Gasteiger partial charge on any atom is 0.185 e. The van der Waals surface area contributed by atoms with Crippen molar-refractivity contribution in [2.75, 3.05) is 13.7 Å². The normalized spacial score (nSPS) is 10.4. The van der Waals surface area contributed by atoms with Gasteiger partial charge in [-0.2, -0.15) is 0 Å². The molecule has 0 aliphatic rings. The van der Waals surface area contributed by atoms with Gasteiger partial charge in [0.2, 0.25) is 0 Å². The van der Waals surface area contributed by atoms with Gasteiger partial charge in [0.15, 0.2) is 17.3 Å². The molecule has 0 atom stereocenters. The summed E-state index contributed by atoms with van der Waals surface area (Å²) < 4.78 is 10.8. The van der Waals surface area contributed by atoms with Crippen molar-refractivity contribution < 1.29 is 14.3 Å². The monoisotopic (exact) mass is 294 g/mol. The number of allylic oxidation sites excluding steroid dienone is 1. The Bertz CT molecular complexity index is 672. The molecule has 0 bridgehead atoms. The third-order valence-corrected chi connectivity index (χ3v) is 3.03. The predicted molar refractivity (Wildman–Crippen MR) is 88.5 cm³/mol. The van der Waals surface area contributed by atoms with Crippen LogP contribution in [-0.2, 0) is 0 Å². The summed E-state index contributed by atoms with van der Waals surface area (Å²) in [7, 11) is 1.58. The van der Waals surface area contributed by atoms with Crippen LogP contribution in [0.2, 0.25) is 0 Å². The Hall–Kier alpha value is -2.81. The van der Waals surface area contributed by atoms with E-state index in [2.05, 4.69) is 6.58 Å². The van der Waals surface area contributed by atoms with Crippen LogP contribution in [0.25, 0.3) is 6.08 Å². The first-order valence-electron chi connectivity index (χ1n) is 6.94. The lowest BCUT2D eigenvalue weighted by Crippen LogP contribution is -1.96. The summed E-state index contributed by atoms with van der Waals surface area (Å²) in [6.45, 7) is 4.03. The van der Waals surface area contributed by atoms with Gasteiger partial charge in [0, 0.05) is 5.56 Å². The van der Waals surface area contributed by atoms with Gasteiger partial charge in [-0.25, -0.2) is 0 Å². The van der Waals surface area contributed by atoms with E-state index in [4.69, 9.17) is 9.47 Å². The fourth-order valence-electron chi connectivity index (χ4n) is 1.93. The summed E-state index contributed by atoms with van der Waals surface area (Å²) in [5.74, 6) is 1.23. The predicted octanol–water partition coefficient (Wildman–Crippen LogP) is 4.16. The molecule has 0 N–H and O–H groups in total. The highest BCUT2D eigenvalue weighted by Crippen LogP contribution is 2.28. The largest absolute Gasteiger partial charge is 0.493 e. The lowest BCUT2D eigenvalue weighted by Gasteiger charge is -2.09. The molecule has 3 heteroatoms. The topological polar surface area (TPSA) is 35.5 Å². The van der Waals surface area contributed by atoms with E-state index in [9.17, 15) is 4.79 Å². The minimum Gasteiger partial charge on any atom is -0.493 e. The highest BCUT2D eigenvalue weighted by atomic mass is 16.5. The zero-order valence-electron chi connectivity index (χ0n) is 12.5. The summed E-state index contributed by atoms with van der Waals surface area (Å²) in [5, 5.41) is 0. The lowest BCUT2D eigenvalue weighted by atomic mass is 10.1.